The first-order valence-corrected chi connectivity index (χ1v) is 10.9. The maximum absolute atomic E-state index is 12.3. The number of thioether (sulfide) groups is 1. The Labute approximate surface area is 185 Å². The minimum Gasteiger partial charge on any atom is -0.496 e. The highest BCUT2D eigenvalue weighted by Gasteiger charge is 2.08. The molecule has 3 aromatic carbocycles. The Bertz CT molecular complexity index is 1300. The maximum Gasteiger partial charge on any atom is 0.250 e. The number of aromatic nitrogens is 1. The van der Waals surface area contributed by atoms with Gasteiger partial charge in [-0.2, -0.15) is 5.10 Å². The fourth-order valence-electron chi connectivity index (χ4n) is 3.48. The van der Waals surface area contributed by atoms with E-state index < -0.39 is 0 Å². The summed E-state index contributed by atoms with van der Waals surface area (Å²) in [6.45, 7) is 4.13. The molecule has 5 nitrogen and oxygen atoms in total. The normalized spacial score (nSPS) is 11.3. The topological polar surface area (TPSA) is 63.6 Å². The second-order valence-electron chi connectivity index (χ2n) is 7.28. The number of methoxy groups -OCH3 is 1. The zero-order valence-corrected chi connectivity index (χ0v) is 18.5. The van der Waals surface area contributed by atoms with E-state index in [2.05, 4.69) is 35.4 Å². The molecule has 0 fully saturated rings. The molecule has 0 spiro atoms. The molecule has 0 saturated carbocycles. The molecule has 0 bridgehead atoms. The molecule has 31 heavy (non-hydrogen) atoms. The van der Waals surface area contributed by atoms with Crippen LogP contribution < -0.4 is 10.2 Å². The van der Waals surface area contributed by atoms with Gasteiger partial charge >= 0.3 is 0 Å². The van der Waals surface area contributed by atoms with E-state index in [1.54, 1.807) is 13.3 Å². The third-order valence-electron chi connectivity index (χ3n) is 5.03. The van der Waals surface area contributed by atoms with Crippen LogP contribution in [0.15, 0.2) is 70.8 Å². The smallest absolute Gasteiger partial charge is 0.250 e. The minimum absolute atomic E-state index is 0.191. The summed E-state index contributed by atoms with van der Waals surface area (Å²) < 4.78 is 5.45. The van der Waals surface area contributed by atoms with Gasteiger partial charge in [0.25, 0.3) is 0 Å². The van der Waals surface area contributed by atoms with Crippen LogP contribution in [-0.4, -0.2) is 30.0 Å². The van der Waals surface area contributed by atoms with Gasteiger partial charge in [-0.15, -0.1) is 0 Å². The van der Waals surface area contributed by atoms with Crippen LogP contribution in [0, 0.1) is 13.8 Å². The largest absolute Gasteiger partial charge is 0.496 e. The molecule has 0 unspecified atom stereocenters. The van der Waals surface area contributed by atoms with Crippen molar-refractivity contribution >= 4 is 45.6 Å². The first-order chi connectivity index (χ1) is 15.0. The van der Waals surface area contributed by atoms with Crippen LogP contribution in [0.25, 0.3) is 21.7 Å². The van der Waals surface area contributed by atoms with Crippen molar-refractivity contribution in [3.8, 4) is 5.75 Å². The van der Waals surface area contributed by atoms with Gasteiger partial charge in [0, 0.05) is 10.9 Å². The zero-order valence-electron chi connectivity index (χ0n) is 17.7. The van der Waals surface area contributed by atoms with Crippen molar-refractivity contribution in [2.75, 3.05) is 12.9 Å². The molecule has 6 heteroatoms. The van der Waals surface area contributed by atoms with Crippen molar-refractivity contribution in [1.82, 2.24) is 10.4 Å². The van der Waals surface area contributed by atoms with Crippen molar-refractivity contribution in [3.05, 3.63) is 77.4 Å². The van der Waals surface area contributed by atoms with Crippen molar-refractivity contribution < 1.29 is 9.53 Å². The van der Waals surface area contributed by atoms with E-state index in [9.17, 15) is 4.79 Å². The van der Waals surface area contributed by atoms with E-state index in [1.165, 1.54) is 17.3 Å². The summed E-state index contributed by atoms with van der Waals surface area (Å²) in [7, 11) is 1.62. The number of hydrogen-bond donors (Lipinski definition) is 1. The van der Waals surface area contributed by atoms with E-state index in [1.807, 2.05) is 54.6 Å². The second-order valence-corrected chi connectivity index (χ2v) is 8.28. The number of carbonyl (C=O) groups excluding carboxylic acids is 1. The molecular formula is C25H23N3O2S. The van der Waals surface area contributed by atoms with Gasteiger partial charge in [-0.25, -0.2) is 10.4 Å². The Morgan fingerprint density at radius 2 is 1.94 bits per heavy atom. The van der Waals surface area contributed by atoms with Gasteiger partial charge in [-0.1, -0.05) is 53.7 Å². The number of rotatable bonds is 6. The lowest BCUT2D eigenvalue weighted by Gasteiger charge is -2.08. The molecule has 0 radical (unpaired) electrons. The first kappa shape index (κ1) is 20.9. The number of nitrogens with zero attached hydrogens (tertiary/aromatic N) is 2. The van der Waals surface area contributed by atoms with Crippen LogP contribution in [0.2, 0.25) is 0 Å². The van der Waals surface area contributed by atoms with Gasteiger partial charge in [0.2, 0.25) is 5.91 Å². The van der Waals surface area contributed by atoms with E-state index in [0.29, 0.717) is 5.75 Å². The summed E-state index contributed by atoms with van der Waals surface area (Å²) in [6, 6.07) is 20.1. The third kappa shape index (κ3) is 4.70. The summed E-state index contributed by atoms with van der Waals surface area (Å²) in [6.07, 6.45) is 1.63. The summed E-state index contributed by atoms with van der Waals surface area (Å²) in [5.41, 5.74) is 6.73. The Hall–Kier alpha value is -3.38. The lowest BCUT2D eigenvalue weighted by Crippen LogP contribution is -2.19. The fraction of sp³-hybridized carbons (Fsp3) is 0.160. The molecule has 0 aliphatic heterocycles. The average molecular weight is 430 g/mol. The minimum atomic E-state index is -0.191. The van der Waals surface area contributed by atoms with Gasteiger partial charge in [0.05, 0.1) is 29.6 Å². The Morgan fingerprint density at radius 3 is 2.77 bits per heavy atom. The first-order valence-electron chi connectivity index (χ1n) is 9.93. The van der Waals surface area contributed by atoms with Crippen LogP contribution >= 0.6 is 11.8 Å². The van der Waals surface area contributed by atoms with Gasteiger partial charge < -0.3 is 4.74 Å². The average Bonchev–Trinajstić information content (AvgIpc) is 2.78. The van der Waals surface area contributed by atoms with Gasteiger partial charge in [-0.05, 0) is 54.4 Å². The molecule has 4 aromatic rings. The summed E-state index contributed by atoms with van der Waals surface area (Å²) in [5.74, 6) is 0.745. The standard InChI is InChI=1S/C25H23N3O2S/c1-16-8-10-22-20(12-16)17(2)13-25(27-22)31-15-24(29)28-26-14-21-19-7-5-4-6-18(19)9-11-23(21)30-3/h4-14H,15H2,1-3H3,(H,28,29)/b26-14-. The molecule has 0 aliphatic rings. The molecular weight excluding hydrogens is 406 g/mol. The highest BCUT2D eigenvalue weighted by Crippen LogP contribution is 2.27. The lowest BCUT2D eigenvalue weighted by atomic mass is 10.0. The maximum atomic E-state index is 12.3. The molecule has 0 atom stereocenters. The molecule has 1 aromatic heterocycles. The number of hydrazone groups is 1. The molecule has 1 amide bonds. The molecule has 1 heterocycles. The van der Waals surface area contributed by atoms with Gasteiger partial charge in [0.1, 0.15) is 5.75 Å². The Kier molecular flexibility index (Phi) is 6.18. The monoisotopic (exact) mass is 429 g/mol. The number of amides is 1. The van der Waals surface area contributed by atoms with Crippen LogP contribution in [0.4, 0.5) is 0 Å². The summed E-state index contributed by atoms with van der Waals surface area (Å²) in [4.78, 5) is 17.0. The molecule has 0 saturated heterocycles. The number of pyridine rings is 1. The number of aryl methyl sites for hydroxylation is 2. The fourth-order valence-corrected chi connectivity index (χ4v) is 4.25. The predicted octanol–water partition coefficient (Wildman–Crippen LogP) is 5.26. The number of ether oxygens (including phenoxy) is 1. The van der Waals surface area contributed by atoms with Crippen molar-refractivity contribution in [2.24, 2.45) is 5.10 Å². The van der Waals surface area contributed by atoms with E-state index in [-0.39, 0.29) is 11.7 Å². The van der Waals surface area contributed by atoms with Gasteiger partial charge in [0.15, 0.2) is 0 Å². The number of fused-ring (bicyclic) bond motifs is 2. The second kappa shape index (κ2) is 9.18. The van der Waals surface area contributed by atoms with E-state index in [4.69, 9.17) is 4.74 Å². The summed E-state index contributed by atoms with van der Waals surface area (Å²) >= 11 is 1.40. The van der Waals surface area contributed by atoms with Crippen molar-refractivity contribution in [1.29, 1.82) is 0 Å². The third-order valence-corrected chi connectivity index (χ3v) is 5.94. The van der Waals surface area contributed by atoms with Crippen LogP contribution in [0.1, 0.15) is 16.7 Å². The number of hydrogen-bond acceptors (Lipinski definition) is 5. The quantitative estimate of drug-likeness (QED) is 0.258. The molecule has 156 valence electrons. The van der Waals surface area contributed by atoms with E-state index >= 15 is 0 Å². The summed E-state index contributed by atoms with van der Waals surface area (Å²) in [5, 5.41) is 8.21. The van der Waals surface area contributed by atoms with E-state index in [0.717, 1.165) is 37.8 Å². The van der Waals surface area contributed by atoms with Gasteiger partial charge in [-0.3, -0.25) is 4.79 Å². The molecule has 1 N–H and O–H groups in total. The van der Waals surface area contributed by atoms with Crippen molar-refractivity contribution in [3.63, 3.8) is 0 Å². The number of nitrogens with one attached hydrogen (secondary N) is 1. The molecule has 0 aliphatic carbocycles. The van der Waals surface area contributed by atoms with Crippen LogP contribution in [0.3, 0.4) is 0 Å². The predicted molar refractivity (Wildman–Crippen MR) is 128 cm³/mol. The highest BCUT2D eigenvalue weighted by atomic mass is 32.2. The Morgan fingerprint density at radius 1 is 1.10 bits per heavy atom. The van der Waals surface area contributed by atoms with Crippen LogP contribution in [0.5, 0.6) is 5.75 Å². The van der Waals surface area contributed by atoms with Crippen molar-refractivity contribution in [2.45, 2.75) is 18.9 Å². The lowest BCUT2D eigenvalue weighted by molar-refractivity contribution is -0.118. The number of benzene rings is 3. The Balaban J connectivity index is 1.43. The number of carbonyl (C=O) groups is 1. The van der Waals surface area contributed by atoms with Crippen LogP contribution in [-0.2, 0) is 4.79 Å². The zero-order chi connectivity index (χ0) is 21.8. The highest BCUT2D eigenvalue weighted by molar-refractivity contribution is 7.99. The molecule has 4 rings (SSSR count). The SMILES string of the molecule is COc1ccc2ccccc2c1/C=N\NC(=O)CSc1cc(C)c2cc(C)ccc2n1.